The number of hydrogen-bond acceptors (Lipinski definition) is 2. The van der Waals surface area contributed by atoms with E-state index in [1.807, 2.05) is 26.0 Å². The highest BCUT2D eigenvalue weighted by molar-refractivity contribution is 6.42. The summed E-state index contributed by atoms with van der Waals surface area (Å²) in [6.45, 7) is 3.92. The van der Waals surface area contributed by atoms with Gasteiger partial charge in [0.1, 0.15) is 0 Å². The lowest BCUT2D eigenvalue weighted by Gasteiger charge is -2.30. The van der Waals surface area contributed by atoms with Crippen molar-refractivity contribution in [2.45, 2.75) is 44.6 Å². The molecule has 1 fully saturated rings. The van der Waals surface area contributed by atoms with Crippen LogP contribution >= 0.6 is 23.2 Å². The monoisotopic (exact) mass is 329 g/mol. The number of nitrogens with one attached hydrogen (secondary N) is 1. The molecule has 2 N–H and O–H groups in total. The number of hydrogen-bond donors (Lipinski definition) is 2. The van der Waals surface area contributed by atoms with E-state index in [9.17, 15) is 9.90 Å². The fourth-order valence-electron chi connectivity index (χ4n) is 2.64. The minimum Gasteiger partial charge on any atom is -0.394 e. The maximum Gasteiger partial charge on any atom is 0.224 e. The summed E-state index contributed by atoms with van der Waals surface area (Å²) in [7, 11) is 0. The van der Waals surface area contributed by atoms with Gasteiger partial charge >= 0.3 is 0 Å². The van der Waals surface area contributed by atoms with Gasteiger partial charge in [-0.15, -0.1) is 0 Å². The smallest absolute Gasteiger partial charge is 0.224 e. The zero-order valence-electron chi connectivity index (χ0n) is 12.3. The maximum absolute atomic E-state index is 12.4. The van der Waals surface area contributed by atoms with Crippen molar-refractivity contribution in [1.29, 1.82) is 0 Å². The number of halogens is 2. The Labute approximate surface area is 135 Å². The molecule has 0 unspecified atom stereocenters. The van der Waals surface area contributed by atoms with Crippen LogP contribution in [0.3, 0.4) is 0 Å². The van der Waals surface area contributed by atoms with E-state index in [1.165, 1.54) is 0 Å². The molecule has 1 aromatic rings. The highest BCUT2D eigenvalue weighted by Gasteiger charge is 2.45. The molecule has 0 spiro atoms. The number of rotatable bonds is 6. The Morgan fingerprint density at radius 3 is 2.52 bits per heavy atom. The first-order chi connectivity index (χ1) is 9.96. The molecule has 3 nitrogen and oxygen atoms in total. The van der Waals surface area contributed by atoms with Gasteiger partial charge < -0.3 is 10.4 Å². The third-order valence-electron chi connectivity index (χ3n) is 4.54. The molecule has 2 atom stereocenters. The van der Waals surface area contributed by atoms with Crippen molar-refractivity contribution in [3.05, 3.63) is 33.8 Å². The zero-order chi connectivity index (χ0) is 15.6. The van der Waals surface area contributed by atoms with Crippen LogP contribution in [-0.2, 0) is 4.79 Å². The number of amides is 1. The van der Waals surface area contributed by atoms with Crippen LogP contribution in [0, 0.1) is 5.92 Å². The molecule has 0 radical (unpaired) electrons. The summed E-state index contributed by atoms with van der Waals surface area (Å²) in [6.07, 6.45) is 2.25. The molecule has 116 valence electrons. The largest absolute Gasteiger partial charge is 0.394 e. The van der Waals surface area contributed by atoms with Crippen molar-refractivity contribution in [3.8, 4) is 0 Å². The van der Waals surface area contributed by atoms with Gasteiger partial charge in [0.05, 0.1) is 22.2 Å². The molecule has 0 aromatic heterocycles. The number of carbonyl (C=O) groups excluding carboxylic acids is 1. The second-order valence-corrected chi connectivity index (χ2v) is 6.57. The lowest BCUT2D eigenvalue weighted by molar-refractivity contribution is -0.125. The van der Waals surface area contributed by atoms with Crippen molar-refractivity contribution in [1.82, 2.24) is 5.32 Å². The molecule has 5 heteroatoms. The molecule has 1 saturated carbocycles. The average molecular weight is 330 g/mol. The third kappa shape index (κ3) is 3.53. The minimum absolute atomic E-state index is 0.0174. The van der Waals surface area contributed by atoms with Crippen molar-refractivity contribution in [2.24, 2.45) is 5.92 Å². The normalized spacial score (nSPS) is 21.2. The molecule has 1 aliphatic carbocycles. The zero-order valence-corrected chi connectivity index (χ0v) is 13.8. The van der Waals surface area contributed by atoms with Gasteiger partial charge in [-0.05, 0) is 42.9 Å². The summed E-state index contributed by atoms with van der Waals surface area (Å²) in [4.78, 5) is 12.4. The molecular formula is C16H21Cl2NO2. The van der Waals surface area contributed by atoms with Crippen LogP contribution in [0.15, 0.2) is 18.2 Å². The Hall–Kier alpha value is -0.770. The SMILES string of the molecule is CCC(CC)(CO)NC(=O)[C@@H]1C[C@@H]1c1ccc(Cl)c(Cl)c1. The molecule has 2 rings (SSSR count). The number of aliphatic hydroxyl groups is 1. The van der Waals surface area contributed by atoms with Crippen LogP contribution in [0.4, 0.5) is 0 Å². The van der Waals surface area contributed by atoms with E-state index in [1.54, 1.807) is 6.07 Å². The number of benzene rings is 1. The summed E-state index contributed by atoms with van der Waals surface area (Å²) in [5.74, 6) is 0.181. The van der Waals surface area contributed by atoms with E-state index in [-0.39, 0.29) is 24.3 Å². The third-order valence-corrected chi connectivity index (χ3v) is 5.28. The molecule has 1 aromatic carbocycles. The summed E-state index contributed by atoms with van der Waals surface area (Å²) in [6, 6.07) is 5.52. The first-order valence-electron chi connectivity index (χ1n) is 7.34. The van der Waals surface area contributed by atoms with Crippen molar-refractivity contribution >= 4 is 29.1 Å². The predicted molar refractivity (Wildman–Crippen MR) is 85.9 cm³/mol. The predicted octanol–water partition coefficient (Wildman–Crippen LogP) is 3.76. The van der Waals surface area contributed by atoms with Gasteiger partial charge in [0.2, 0.25) is 5.91 Å². The van der Waals surface area contributed by atoms with E-state index in [2.05, 4.69) is 5.32 Å². The first-order valence-corrected chi connectivity index (χ1v) is 8.09. The van der Waals surface area contributed by atoms with Crippen LogP contribution in [-0.4, -0.2) is 23.2 Å². The van der Waals surface area contributed by atoms with Crippen molar-refractivity contribution in [3.63, 3.8) is 0 Å². The Morgan fingerprint density at radius 1 is 1.33 bits per heavy atom. The highest BCUT2D eigenvalue weighted by atomic mass is 35.5. The van der Waals surface area contributed by atoms with Crippen molar-refractivity contribution < 1.29 is 9.90 Å². The Kier molecular flexibility index (Phi) is 5.18. The minimum atomic E-state index is -0.498. The summed E-state index contributed by atoms with van der Waals surface area (Å²) in [5, 5.41) is 13.6. The van der Waals surface area contributed by atoms with E-state index < -0.39 is 5.54 Å². The fourth-order valence-corrected chi connectivity index (χ4v) is 2.95. The van der Waals surface area contributed by atoms with E-state index in [4.69, 9.17) is 23.2 Å². The standard InChI is InChI=1S/C16H21Cl2NO2/c1-3-16(4-2,9-20)19-15(21)12-8-11(12)10-5-6-13(17)14(18)7-10/h5-7,11-12,20H,3-4,8-9H2,1-2H3,(H,19,21)/t11-,12-/m1/s1. The Balaban J connectivity index is 2.02. The van der Waals surface area contributed by atoms with Crippen LogP contribution in [0.2, 0.25) is 10.0 Å². The van der Waals surface area contributed by atoms with Gasteiger partial charge in [-0.3, -0.25) is 4.79 Å². The van der Waals surface area contributed by atoms with Gasteiger partial charge in [0.25, 0.3) is 0 Å². The molecule has 1 aliphatic rings. The van der Waals surface area contributed by atoms with Crippen LogP contribution in [0.5, 0.6) is 0 Å². The van der Waals surface area contributed by atoms with Crippen molar-refractivity contribution in [2.75, 3.05) is 6.61 Å². The van der Waals surface area contributed by atoms with E-state index in [0.717, 1.165) is 24.8 Å². The topological polar surface area (TPSA) is 49.3 Å². The van der Waals surface area contributed by atoms with Crippen LogP contribution in [0.25, 0.3) is 0 Å². The molecule has 0 bridgehead atoms. The summed E-state index contributed by atoms with van der Waals surface area (Å²) in [5.41, 5.74) is 0.550. The lowest BCUT2D eigenvalue weighted by Crippen LogP contribution is -2.51. The second kappa shape index (κ2) is 6.55. The van der Waals surface area contributed by atoms with Crippen LogP contribution in [0.1, 0.15) is 44.6 Å². The van der Waals surface area contributed by atoms with E-state index >= 15 is 0 Å². The number of aliphatic hydroxyl groups excluding tert-OH is 1. The molecular weight excluding hydrogens is 309 g/mol. The first kappa shape index (κ1) is 16.6. The maximum atomic E-state index is 12.4. The lowest BCUT2D eigenvalue weighted by atomic mass is 9.93. The van der Waals surface area contributed by atoms with Gasteiger partial charge in [-0.25, -0.2) is 0 Å². The van der Waals surface area contributed by atoms with Gasteiger partial charge in [0.15, 0.2) is 0 Å². The Morgan fingerprint density at radius 2 is 2.00 bits per heavy atom. The molecule has 0 aliphatic heterocycles. The average Bonchev–Trinajstić information content (AvgIpc) is 3.28. The summed E-state index contributed by atoms with van der Waals surface area (Å²) >= 11 is 11.9. The summed E-state index contributed by atoms with van der Waals surface area (Å²) < 4.78 is 0. The fraction of sp³-hybridized carbons (Fsp3) is 0.562. The number of carbonyl (C=O) groups is 1. The van der Waals surface area contributed by atoms with Gasteiger partial charge in [-0.1, -0.05) is 43.1 Å². The van der Waals surface area contributed by atoms with Crippen LogP contribution < -0.4 is 5.32 Å². The molecule has 0 heterocycles. The Bertz CT molecular complexity index is 521. The second-order valence-electron chi connectivity index (χ2n) is 5.76. The highest BCUT2D eigenvalue weighted by Crippen LogP contribution is 2.48. The molecule has 21 heavy (non-hydrogen) atoms. The quantitative estimate of drug-likeness (QED) is 0.834. The van der Waals surface area contributed by atoms with E-state index in [0.29, 0.717) is 10.0 Å². The molecule has 0 saturated heterocycles. The van der Waals surface area contributed by atoms with Gasteiger partial charge in [0, 0.05) is 5.92 Å². The van der Waals surface area contributed by atoms with Gasteiger partial charge in [-0.2, -0.15) is 0 Å². The molecule has 1 amide bonds.